The molecule has 1 amide bonds. The van der Waals surface area contributed by atoms with Crippen LogP contribution in [0.2, 0.25) is 0 Å². The molecule has 1 N–H and O–H groups in total. The molecule has 1 heterocycles. The molecule has 110 valence electrons. The van der Waals surface area contributed by atoms with Crippen molar-refractivity contribution in [2.45, 2.75) is 0 Å². The summed E-state index contributed by atoms with van der Waals surface area (Å²) in [6, 6.07) is 13.4. The summed E-state index contributed by atoms with van der Waals surface area (Å²) in [5.41, 5.74) is 1.94. The van der Waals surface area contributed by atoms with E-state index in [-0.39, 0.29) is 12.5 Å². The lowest BCUT2D eigenvalue weighted by Crippen LogP contribution is -2.16. The Labute approximate surface area is 132 Å². The fraction of sp³-hybridized carbons (Fsp3) is 0.0588. The number of nitrogens with one attached hydrogen (secondary N) is 1. The Hall–Kier alpha value is -2.46. The van der Waals surface area contributed by atoms with Crippen LogP contribution < -0.4 is 5.32 Å². The van der Waals surface area contributed by atoms with Crippen LogP contribution in [0.15, 0.2) is 59.6 Å². The topological polar surface area (TPSA) is 41.5 Å². The van der Waals surface area contributed by atoms with Gasteiger partial charge >= 0.3 is 0 Å². The first-order valence-corrected chi connectivity index (χ1v) is 7.09. The van der Waals surface area contributed by atoms with Gasteiger partial charge in [0.25, 0.3) is 0 Å². The Balaban J connectivity index is 2.14. The minimum absolute atomic E-state index is 0.0985. The van der Waals surface area contributed by atoms with Gasteiger partial charge in [-0.05, 0) is 24.3 Å². The van der Waals surface area contributed by atoms with Gasteiger partial charge in [-0.2, -0.15) is 0 Å². The van der Waals surface area contributed by atoms with Crippen LogP contribution in [0.1, 0.15) is 11.1 Å². The van der Waals surface area contributed by atoms with Gasteiger partial charge in [0.2, 0.25) is 5.91 Å². The van der Waals surface area contributed by atoms with Gasteiger partial charge < -0.3 is 5.32 Å². The van der Waals surface area contributed by atoms with Crippen LogP contribution in [-0.2, 0) is 4.79 Å². The van der Waals surface area contributed by atoms with Crippen LogP contribution in [0.5, 0.6) is 0 Å². The van der Waals surface area contributed by atoms with Gasteiger partial charge in [-0.25, -0.2) is 4.39 Å². The number of benzene rings is 2. The van der Waals surface area contributed by atoms with Gasteiger partial charge in [-0.3, -0.25) is 9.79 Å². The number of fused-ring (bicyclic) bond motifs is 1. The van der Waals surface area contributed by atoms with Crippen molar-refractivity contribution in [3.63, 3.8) is 0 Å². The van der Waals surface area contributed by atoms with E-state index in [1.165, 1.54) is 6.07 Å². The van der Waals surface area contributed by atoms with Crippen molar-refractivity contribution >= 4 is 33.9 Å². The van der Waals surface area contributed by atoms with Crippen LogP contribution in [-0.4, -0.2) is 18.2 Å². The minimum Gasteiger partial charge on any atom is -0.324 e. The molecule has 2 aromatic rings. The third kappa shape index (κ3) is 2.92. The molecule has 1 aliphatic rings. The van der Waals surface area contributed by atoms with E-state index in [0.29, 0.717) is 27.6 Å². The van der Waals surface area contributed by atoms with E-state index < -0.39 is 5.82 Å². The second kappa shape index (κ2) is 6.12. The average Bonchev–Trinajstić information content (AvgIpc) is 2.57. The maximum absolute atomic E-state index is 14.0. The van der Waals surface area contributed by atoms with Crippen molar-refractivity contribution in [1.29, 1.82) is 0 Å². The van der Waals surface area contributed by atoms with Gasteiger partial charge in [0, 0.05) is 16.8 Å². The summed E-state index contributed by atoms with van der Waals surface area (Å²) in [6.45, 7) is -0.0985. The highest BCUT2D eigenvalue weighted by atomic mass is 35.5. The summed E-state index contributed by atoms with van der Waals surface area (Å²) in [7, 11) is 0. The second-order valence-electron chi connectivity index (χ2n) is 4.77. The molecule has 5 heteroatoms. The number of anilines is 1. The summed E-state index contributed by atoms with van der Waals surface area (Å²) < 4.78 is 14.0. The molecule has 0 radical (unpaired) electrons. The quantitative estimate of drug-likeness (QED) is 0.853. The molecule has 0 saturated heterocycles. The molecule has 22 heavy (non-hydrogen) atoms. The zero-order chi connectivity index (χ0) is 15.5. The molecule has 0 atom stereocenters. The normalized spacial score (nSPS) is 17.1. The lowest BCUT2D eigenvalue weighted by molar-refractivity contribution is -0.114. The summed E-state index contributed by atoms with van der Waals surface area (Å²) in [5.74, 6) is -0.684. The summed E-state index contributed by atoms with van der Waals surface area (Å²) in [4.78, 5) is 16.1. The standard InChI is InChI=1S/C17H12ClFN2O/c18-13-9-16(12-6-1-3-7-14(12)19)20-10-17(22)21-15-8-4-2-5-11(13)15/h1-9H,10H2,(H,21,22)/b13-9+,20-16?. The first-order valence-electron chi connectivity index (χ1n) is 6.71. The van der Waals surface area contributed by atoms with Gasteiger partial charge in [0.15, 0.2) is 0 Å². The molecule has 0 bridgehead atoms. The molecule has 0 aromatic heterocycles. The van der Waals surface area contributed by atoms with Crippen LogP contribution in [0, 0.1) is 5.82 Å². The van der Waals surface area contributed by atoms with Crippen LogP contribution in [0.25, 0.3) is 5.03 Å². The number of rotatable bonds is 1. The fourth-order valence-corrected chi connectivity index (χ4v) is 2.49. The Morgan fingerprint density at radius 3 is 2.50 bits per heavy atom. The lowest BCUT2D eigenvalue weighted by Gasteiger charge is -2.08. The molecule has 2 aromatic carbocycles. The number of carbonyl (C=O) groups is 1. The molecule has 1 aliphatic heterocycles. The highest BCUT2D eigenvalue weighted by Crippen LogP contribution is 2.28. The molecule has 0 fully saturated rings. The van der Waals surface area contributed by atoms with Crippen LogP contribution in [0.3, 0.4) is 0 Å². The van der Waals surface area contributed by atoms with Gasteiger partial charge in [-0.1, -0.05) is 41.9 Å². The van der Waals surface area contributed by atoms with E-state index in [0.717, 1.165) is 0 Å². The Kier molecular flexibility index (Phi) is 4.02. The van der Waals surface area contributed by atoms with Gasteiger partial charge in [0.1, 0.15) is 12.4 Å². The van der Waals surface area contributed by atoms with Crippen molar-refractivity contribution in [2.24, 2.45) is 4.99 Å². The van der Waals surface area contributed by atoms with E-state index in [4.69, 9.17) is 11.6 Å². The van der Waals surface area contributed by atoms with E-state index in [1.54, 1.807) is 42.5 Å². The summed E-state index contributed by atoms with van der Waals surface area (Å²) in [6.07, 6.45) is 1.58. The van der Waals surface area contributed by atoms with E-state index >= 15 is 0 Å². The zero-order valence-electron chi connectivity index (χ0n) is 11.5. The van der Waals surface area contributed by atoms with E-state index in [2.05, 4.69) is 10.3 Å². The third-order valence-electron chi connectivity index (χ3n) is 3.26. The Morgan fingerprint density at radius 2 is 1.73 bits per heavy atom. The predicted octanol–water partition coefficient (Wildman–Crippen LogP) is 3.85. The number of allylic oxidation sites excluding steroid dienone is 1. The second-order valence-corrected chi connectivity index (χ2v) is 5.17. The molecular weight excluding hydrogens is 303 g/mol. The number of aliphatic imine (C=N–C) groups is 1. The minimum atomic E-state index is -0.407. The van der Waals surface area contributed by atoms with Crippen LogP contribution >= 0.6 is 11.6 Å². The molecular formula is C17H12ClFN2O. The highest BCUT2D eigenvalue weighted by Gasteiger charge is 2.15. The summed E-state index contributed by atoms with van der Waals surface area (Å²) in [5, 5.41) is 3.14. The number of halogens is 2. The molecule has 0 aliphatic carbocycles. The average molecular weight is 315 g/mol. The van der Waals surface area contributed by atoms with Gasteiger partial charge in [0.05, 0.1) is 10.7 Å². The molecule has 0 saturated carbocycles. The maximum atomic E-state index is 14.0. The zero-order valence-corrected chi connectivity index (χ0v) is 12.3. The monoisotopic (exact) mass is 314 g/mol. The first-order chi connectivity index (χ1) is 10.6. The number of hydrogen-bond acceptors (Lipinski definition) is 2. The molecule has 3 nitrogen and oxygen atoms in total. The SMILES string of the molecule is O=C1CN=C(c2ccccc2F)/C=C(/Cl)c2ccccc2N1. The number of para-hydroxylation sites is 1. The molecule has 0 unspecified atom stereocenters. The highest BCUT2D eigenvalue weighted by molar-refractivity contribution is 6.51. The fourth-order valence-electron chi connectivity index (χ4n) is 2.22. The molecule has 3 rings (SSSR count). The van der Waals surface area contributed by atoms with E-state index in [9.17, 15) is 9.18 Å². The lowest BCUT2D eigenvalue weighted by atomic mass is 10.1. The third-order valence-corrected chi connectivity index (χ3v) is 3.58. The van der Waals surface area contributed by atoms with Crippen molar-refractivity contribution in [3.05, 3.63) is 71.6 Å². The predicted molar refractivity (Wildman–Crippen MR) is 86.7 cm³/mol. The number of nitrogens with zero attached hydrogens (tertiary/aromatic N) is 1. The van der Waals surface area contributed by atoms with Crippen molar-refractivity contribution in [3.8, 4) is 0 Å². The van der Waals surface area contributed by atoms with Crippen molar-refractivity contribution < 1.29 is 9.18 Å². The summed E-state index contributed by atoms with van der Waals surface area (Å²) >= 11 is 6.35. The van der Waals surface area contributed by atoms with E-state index in [1.807, 2.05) is 6.07 Å². The smallest absolute Gasteiger partial charge is 0.246 e. The Bertz CT molecular complexity index is 799. The van der Waals surface area contributed by atoms with Crippen molar-refractivity contribution in [2.75, 3.05) is 11.9 Å². The Morgan fingerprint density at radius 1 is 1.05 bits per heavy atom. The van der Waals surface area contributed by atoms with Crippen LogP contribution in [0.4, 0.5) is 10.1 Å². The molecule has 0 spiro atoms. The number of hydrogen-bond donors (Lipinski definition) is 1. The van der Waals surface area contributed by atoms with Gasteiger partial charge in [-0.15, -0.1) is 0 Å². The maximum Gasteiger partial charge on any atom is 0.246 e. The number of carbonyl (C=O) groups excluding carboxylic acids is 1. The largest absolute Gasteiger partial charge is 0.324 e. The first kappa shape index (κ1) is 14.5. The number of amides is 1. The van der Waals surface area contributed by atoms with Crippen molar-refractivity contribution in [1.82, 2.24) is 0 Å².